The molecule has 0 spiro atoms. The van der Waals surface area contributed by atoms with E-state index in [0.29, 0.717) is 6.54 Å². The highest BCUT2D eigenvalue weighted by atomic mass is 35.5. The van der Waals surface area contributed by atoms with Crippen LogP contribution in [-0.2, 0) is 17.8 Å². The van der Waals surface area contributed by atoms with Gasteiger partial charge in [0, 0.05) is 23.7 Å². The van der Waals surface area contributed by atoms with Gasteiger partial charge in [0.2, 0.25) is 5.91 Å². The molecule has 0 bridgehead atoms. The molecule has 29 heavy (non-hydrogen) atoms. The number of hydrogen-bond donors (Lipinski definition) is 2. The number of aryl methyl sites for hydroxylation is 2. The fourth-order valence-corrected chi connectivity index (χ4v) is 3.37. The first-order valence-electron chi connectivity index (χ1n) is 9.23. The third-order valence-electron chi connectivity index (χ3n) is 4.67. The predicted octanol–water partition coefficient (Wildman–Crippen LogP) is 4.96. The summed E-state index contributed by atoms with van der Waals surface area (Å²) in [4.78, 5) is 16.0. The number of carbonyl (C=O) groups excluding carboxylic acids is 1. The molecule has 4 N–H and O–H groups in total. The number of benzene rings is 2. The van der Waals surface area contributed by atoms with Crippen molar-refractivity contribution in [1.82, 2.24) is 4.98 Å². The lowest BCUT2D eigenvalue weighted by molar-refractivity contribution is -0.113. The van der Waals surface area contributed by atoms with Crippen molar-refractivity contribution in [3.05, 3.63) is 70.9 Å². The summed E-state index contributed by atoms with van der Waals surface area (Å²) in [6, 6.07) is 14.5. The minimum absolute atomic E-state index is 0. The Morgan fingerprint density at radius 3 is 2.38 bits per heavy atom. The van der Waals surface area contributed by atoms with Crippen molar-refractivity contribution < 1.29 is 4.79 Å². The van der Waals surface area contributed by atoms with Gasteiger partial charge in [-0.3, -0.25) is 9.78 Å². The van der Waals surface area contributed by atoms with Crippen LogP contribution in [0.25, 0.3) is 28.1 Å². The van der Waals surface area contributed by atoms with Crippen molar-refractivity contribution in [2.75, 3.05) is 0 Å². The average Bonchev–Trinajstić information content (AvgIpc) is 2.66. The summed E-state index contributed by atoms with van der Waals surface area (Å²) in [7, 11) is 0. The molecule has 0 saturated heterocycles. The number of aromatic nitrogens is 1. The maximum absolute atomic E-state index is 11.1. The van der Waals surface area contributed by atoms with Gasteiger partial charge in [0.25, 0.3) is 0 Å². The molecule has 1 heterocycles. The van der Waals surface area contributed by atoms with Crippen LogP contribution in [0.5, 0.6) is 0 Å². The monoisotopic (exact) mass is 431 g/mol. The number of nitrogens with zero attached hydrogens (tertiary/aromatic N) is 1. The normalized spacial score (nSPS) is 10.6. The summed E-state index contributed by atoms with van der Waals surface area (Å²) >= 11 is 0. The largest absolute Gasteiger partial charge is 0.366 e. The molecule has 154 valence electrons. The van der Waals surface area contributed by atoms with Gasteiger partial charge in [-0.1, -0.05) is 49.2 Å². The molecular formula is C23H27Cl2N3O. The van der Waals surface area contributed by atoms with E-state index in [1.54, 1.807) is 6.08 Å². The summed E-state index contributed by atoms with van der Waals surface area (Å²) in [6.07, 6.45) is 5.00. The van der Waals surface area contributed by atoms with E-state index in [0.717, 1.165) is 51.7 Å². The second kappa shape index (κ2) is 11.0. The maximum atomic E-state index is 11.1. The Kier molecular flexibility index (Phi) is 9.31. The molecule has 0 aliphatic heterocycles. The topological polar surface area (TPSA) is 82.0 Å². The Morgan fingerprint density at radius 1 is 1.10 bits per heavy atom. The Morgan fingerprint density at radius 2 is 1.79 bits per heavy atom. The van der Waals surface area contributed by atoms with Crippen LogP contribution in [-0.4, -0.2) is 10.9 Å². The number of halogens is 2. The van der Waals surface area contributed by atoms with Crippen LogP contribution in [0.1, 0.15) is 35.7 Å². The van der Waals surface area contributed by atoms with E-state index < -0.39 is 5.91 Å². The fraction of sp³-hybridized carbons (Fsp3) is 0.217. The zero-order chi connectivity index (χ0) is 19.4. The van der Waals surface area contributed by atoms with Gasteiger partial charge in [-0.2, -0.15) is 0 Å². The number of nitrogens with two attached hydrogens (primary N) is 2. The van der Waals surface area contributed by atoms with Gasteiger partial charge in [0.05, 0.1) is 5.52 Å². The molecule has 0 radical (unpaired) electrons. The molecule has 3 rings (SSSR count). The highest BCUT2D eigenvalue weighted by Gasteiger charge is 2.15. The van der Waals surface area contributed by atoms with E-state index in [1.165, 1.54) is 11.6 Å². The third-order valence-corrected chi connectivity index (χ3v) is 4.67. The quantitative estimate of drug-likeness (QED) is 0.540. The number of fused-ring (bicyclic) bond motifs is 1. The summed E-state index contributed by atoms with van der Waals surface area (Å²) < 4.78 is 0. The lowest BCUT2D eigenvalue weighted by Crippen LogP contribution is -2.08. The van der Waals surface area contributed by atoms with Crippen LogP contribution < -0.4 is 11.5 Å². The molecule has 0 fully saturated rings. The number of amides is 1. The molecular weight excluding hydrogens is 405 g/mol. The van der Waals surface area contributed by atoms with Gasteiger partial charge in [-0.15, -0.1) is 24.8 Å². The van der Waals surface area contributed by atoms with E-state index in [1.807, 2.05) is 18.2 Å². The summed E-state index contributed by atoms with van der Waals surface area (Å²) in [5.74, 6) is -0.465. The van der Waals surface area contributed by atoms with Gasteiger partial charge in [0.15, 0.2) is 0 Å². The van der Waals surface area contributed by atoms with Gasteiger partial charge < -0.3 is 11.5 Å². The SMILES string of the molecule is CCCc1nc2ccc(/C=C/C(N)=O)cc2c(-c2ccc(C)cc2)c1CN.Cl.Cl. The van der Waals surface area contributed by atoms with Gasteiger partial charge in [0.1, 0.15) is 0 Å². The predicted molar refractivity (Wildman–Crippen MR) is 127 cm³/mol. The van der Waals surface area contributed by atoms with Gasteiger partial charge >= 0.3 is 0 Å². The number of primary amides is 1. The summed E-state index contributed by atoms with van der Waals surface area (Å²) in [6.45, 7) is 4.66. The zero-order valence-electron chi connectivity index (χ0n) is 16.6. The number of rotatable bonds is 6. The molecule has 3 aromatic rings. The smallest absolute Gasteiger partial charge is 0.241 e. The molecule has 1 amide bonds. The minimum Gasteiger partial charge on any atom is -0.366 e. The van der Waals surface area contributed by atoms with Crippen molar-refractivity contribution in [1.29, 1.82) is 0 Å². The second-order valence-electron chi connectivity index (χ2n) is 6.74. The molecule has 0 atom stereocenters. The van der Waals surface area contributed by atoms with E-state index >= 15 is 0 Å². The van der Waals surface area contributed by atoms with Crippen LogP contribution in [0.3, 0.4) is 0 Å². The second-order valence-corrected chi connectivity index (χ2v) is 6.74. The molecule has 0 aliphatic rings. The summed E-state index contributed by atoms with van der Waals surface area (Å²) in [5, 5.41) is 1.03. The van der Waals surface area contributed by atoms with Crippen molar-refractivity contribution in [3.63, 3.8) is 0 Å². The third kappa shape index (κ3) is 5.57. The van der Waals surface area contributed by atoms with Crippen molar-refractivity contribution >= 4 is 47.7 Å². The van der Waals surface area contributed by atoms with E-state index in [2.05, 4.69) is 38.1 Å². The first kappa shape index (κ1) is 24.6. The molecule has 0 aliphatic carbocycles. The van der Waals surface area contributed by atoms with Crippen molar-refractivity contribution in [3.8, 4) is 11.1 Å². The number of carbonyl (C=O) groups is 1. The lowest BCUT2D eigenvalue weighted by atomic mass is 9.91. The van der Waals surface area contributed by atoms with E-state index in [-0.39, 0.29) is 24.8 Å². The minimum atomic E-state index is -0.465. The number of pyridine rings is 1. The Labute approximate surface area is 184 Å². The van der Waals surface area contributed by atoms with Gasteiger partial charge in [-0.25, -0.2) is 0 Å². The molecule has 0 unspecified atom stereocenters. The highest BCUT2D eigenvalue weighted by molar-refractivity contribution is 5.98. The van der Waals surface area contributed by atoms with E-state index in [9.17, 15) is 4.79 Å². The summed E-state index contributed by atoms with van der Waals surface area (Å²) in [5.41, 5.74) is 18.8. The Hall–Kier alpha value is -2.40. The molecule has 1 aromatic heterocycles. The van der Waals surface area contributed by atoms with Gasteiger partial charge in [-0.05, 0) is 53.8 Å². The van der Waals surface area contributed by atoms with Crippen LogP contribution in [0.4, 0.5) is 0 Å². The first-order chi connectivity index (χ1) is 13.0. The van der Waals surface area contributed by atoms with Crippen molar-refractivity contribution in [2.24, 2.45) is 11.5 Å². The van der Waals surface area contributed by atoms with Crippen LogP contribution in [0.2, 0.25) is 0 Å². The molecule has 4 nitrogen and oxygen atoms in total. The molecule has 0 saturated carbocycles. The highest BCUT2D eigenvalue weighted by Crippen LogP contribution is 2.34. The number of hydrogen-bond acceptors (Lipinski definition) is 3. The van der Waals surface area contributed by atoms with Crippen molar-refractivity contribution in [2.45, 2.75) is 33.2 Å². The average molecular weight is 432 g/mol. The van der Waals surface area contributed by atoms with Crippen LogP contribution >= 0.6 is 24.8 Å². The first-order valence-corrected chi connectivity index (χ1v) is 9.23. The zero-order valence-corrected chi connectivity index (χ0v) is 18.3. The van der Waals surface area contributed by atoms with Crippen LogP contribution in [0.15, 0.2) is 48.5 Å². The molecule has 2 aromatic carbocycles. The molecule has 6 heteroatoms. The van der Waals surface area contributed by atoms with E-state index in [4.69, 9.17) is 16.5 Å². The van der Waals surface area contributed by atoms with Crippen LogP contribution in [0, 0.1) is 6.92 Å². The lowest BCUT2D eigenvalue weighted by Gasteiger charge is -2.17. The Bertz CT molecular complexity index is 1010. The fourth-order valence-electron chi connectivity index (χ4n) is 3.37. The standard InChI is InChI=1S/C23H25N3O.2ClH/c1-3-4-20-19(14-24)23(17-9-5-15(2)6-10-17)18-13-16(8-12-22(25)27)7-11-21(18)26-20;;/h5-13H,3-4,14,24H2,1-2H3,(H2,25,27);2*1H/b12-8+;;. The maximum Gasteiger partial charge on any atom is 0.241 e. The Balaban J connectivity index is 0.00000210.